The molecule has 0 saturated carbocycles. The van der Waals surface area contributed by atoms with E-state index in [0.717, 1.165) is 11.3 Å². The summed E-state index contributed by atoms with van der Waals surface area (Å²) in [7, 11) is 0. The highest BCUT2D eigenvalue weighted by molar-refractivity contribution is 9.10. The Labute approximate surface area is 115 Å². The molecule has 1 aromatic heterocycles. The number of aryl methyl sites for hydroxylation is 1. The summed E-state index contributed by atoms with van der Waals surface area (Å²) in [5.74, 6) is 0.0269. The van der Waals surface area contributed by atoms with Gasteiger partial charge in [-0.15, -0.1) is 0 Å². The number of rotatable bonds is 3. The smallest absolute Gasteiger partial charge is 0.169 e. The van der Waals surface area contributed by atoms with Crippen LogP contribution in [0.4, 0.5) is 15.9 Å². The normalized spacial score (nSPS) is 10.4. The monoisotopic (exact) mass is 308 g/mol. The molecule has 0 unspecified atom stereocenters. The number of nitrogens with zero attached hydrogens (tertiary/aromatic N) is 2. The van der Waals surface area contributed by atoms with Gasteiger partial charge >= 0.3 is 0 Å². The van der Waals surface area contributed by atoms with Gasteiger partial charge in [0.2, 0.25) is 0 Å². The summed E-state index contributed by atoms with van der Waals surface area (Å²) in [6, 6.07) is 9.39. The van der Waals surface area contributed by atoms with Crippen LogP contribution >= 0.6 is 15.9 Å². The number of halogens is 2. The van der Waals surface area contributed by atoms with Crippen LogP contribution in [0, 0.1) is 12.7 Å². The Balaban J connectivity index is 2.45. The highest BCUT2D eigenvalue weighted by Gasteiger charge is 2.13. The summed E-state index contributed by atoms with van der Waals surface area (Å²) in [6.07, 6.45) is 1.61. The van der Waals surface area contributed by atoms with E-state index in [0.29, 0.717) is 16.8 Å². The van der Waals surface area contributed by atoms with E-state index in [9.17, 15) is 4.39 Å². The van der Waals surface area contributed by atoms with Gasteiger partial charge in [-0.1, -0.05) is 12.1 Å². The summed E-state index contributed by atoms with van der Waals surface area (Å²) in [4.78, 5) is 6.02. The first kappa shape index (κ1) is 13.0. The predicted molar refractivity (Wildman–Crippen MR) is 75.8 cm³/mol. The zero-order valence-corrected chi connectivity index (χ0v) is 11.9. The Bertz CT molecular complexity index is 557. The number of anilines is 2. The largest absolute Gasteiger partial charge is 0.324 e. The fourth-order valence-corrected chi connectivity index (χ4v) is 2.16. The molecular formula is C14H14BrFN2. The van der Waals surface area contributed by atoms with Crippen LogP contribution in [0.2, 0.25) is 0 Å². The van der Waals surface area contributed by atoms with Crippen LogP contribution in [0.5, 0.6) is 0 Å². The van der Waals surface area contributed by atoms with E-state index < -0.39 is 0 Å². The van der Waals surface area contributed by atoms with E-state index in [1.807, 2.05) is 43.0 Å². The molecule has 2 nitrogen and oxygen atoms in total. The molecule has 4 heteroatoms. The second kappa shape index (κ2) is 5.48. The summed E-state index contributed by atoms with van der Waals surface area (Å²) in [5, 5.41) is 0. The van der Waals surface area contributed by atoms with Crippen molar-refractivity contribution in [1.82, 2.24) is 4.98 Å². The second-order valence-electron chi connectivity index (χ2n) is 4.04. The Morgan fingerprint density at radius 3 is 2.72 bits per heavy atom. The Morgan fingerprint density at radius 1 is 1.33 bits per heavy atom. The lowest BCUT2D eigenvalue weighted by molar-refractivity contribution is 0.618. The molecule has 2 aromatic rings. The summed E-state index contributed by atoms with van der Waals surface area (Å²) in [6.45, 7) is 4.66. The number of hydrogen-bond acceptors (Lipinski definition) is 2. The summed E-state index contributed by atoms with van der Waals surface area (Å²) in [5.41, 5.74) is 2.09. The maximum atomic E-state index is 13.9. The van der Waals surface area contributed by atoms with E-state index in [1.54, 1.807) is 6.20 Å². The van der Waals surface area contributed by atoms with E-state index in [2.05, 4.69) is 20.9 Å². The maximum absolute atomic E-state index is 13.9. The number of benzene rings is 1. The van der Waals surface area contributed by atoms with Crippen molar-refractivity contribution in [3.8, 4) is 0 Å². The minimum atomic E-state index is -0.326. The van der Waals surface area contributed by atoms with E-state index in [1.165, 1.54) is 6.07 Å². The molecule has 2 rings (SSSR count). The van der Waals surface area contributed by atoms with Gasteiger partial charge in [0.1, 0.15) is 0 Å². The van der Waals surface area contributed by atoms with Crippen molar-refractivity contribution >= 4 is 27.4 Å². The fraction of sp³-hybridized carbons (Fsp3) is 0.214. The van der Waals surface area contributed by atoms with E-state index in [4.69, 9.17) is 0 Å². The van der Waals surface area contributed by atoms with Gasteiger partial charge in [0, 0.05) is 22.9 Å². The van der Waals surface area contributed by atoms with Crippen LogP contribution in [-0.4, -0.2) is 11.5 Å². The molecule has 1 heterocycles. The molecule has 0 radical (unpaired) electrons. The van der Waals surface area contributed by atoms with Gasteiger partial charge in [0.15, 0.2) is 11.6 Å². The average molecular weight is 309 g/mol. The molecule has 0 spiro atoms. The molecule has 0 atom stereocenters. The zero-order valence-electron chi connectivity index (χ0n) is 10.3. The van der Waals surface area contributed by atoms with Crippen molar-refractivity contribution in [2.45, 2.75) is 13.8 Å². The van der Waals surface area contributed by atoms with Crippen LogP contribution in [-0.2, 0) is 0 Å². The second-order valence-corrected chi connectivity index (χ2v) is 4.96. The zero-order chi connectivity index (χ0) is 13.1. The molecule has 1 aromatic carbocycles. The van der Waals surface area contributed by atoms with E-state index >= 15 is 0 Å². The maximum Gasteiger partial charge on any atom is 0.169 e. The molecule has 0 aliphatic rings. The number of hydrogen-bond donors (Lipinski definition) is 0. The molecule has 0 saturated heterocycles. The number of pyridine rings is 1. The Hall–Kier alpha value is -1.42. The van der Waals surface area contributed by atoms with Crippen molar-refractivity contribution in [1.29, 1.82) is 0 Å². The average Bonchev–Trinajstić information content (AvgIpc) is 2.33. The molecule has 0 amide bonds. The lowest BCUT2D eigenvalue weighted by Gasteiger charge is -2.22. The topological polar surface area (TPSA) is 16.1 Å². The lowest BCUT2D eigenvalue weighted by Crippen LogP contribution is -2.18. The fourth-order valence-electron chi connectivity index (χ4n) is 1.86. The SMILES string of the molecule is CCN(c1cccc(C)c1)c1ncc(Br)cc1F. The lowest BCUT2D eigenvalue weighted by atomic mass is 10.2. The Morgan fingerprint density at radius 2 is 2.11 bits per heavy atom. The van der Waals surface area contributed by atoms with Crippen molar-refractivity contribution in [3.05, 3.63) is 52.4 Å². The van der Waals surface area contributed by atoms with Gasteiger partial charge in [0.05, 0.1) is 0 Å². The molecule has 94 valence electrons. The standard InChI is InChI=1S/C14H14BrFN2/c1-3-18(12-6-4-5-10(2)7-12)14-13(16)8-11(15)9-17-14/h4-9H,3H2,1-2H3. The minimum Gasteiger partial charge on any atom is -0.324 e. The third-order valence-corrected chi connectivity index (χ3v) is 3.11. The minimum absolute atomic E-state index is 0.326. The first-order valence-corrected chi connectivity index (χ1v) is 6.56. The predicted octanol–water partition coefficient (Wildman–Crippen LogP) is 4.45. The van der Waals surface area contributed by atoms with Gasteiger partial charge < -0.3 is 4.90 Å². The van der Waals surface area contributed by atoms with E-state index in [-0.39, 0.29) is 5.82 Å². The van der Waals surface area contributed by atoms with Gasteiger partial charge in [-0.25, -0.2) is 9.37 Å². The highest BCUT2D eigenvalue weighted by Crippen LogP contribution is 2.27. The van der Waals surface area contributed by atoms with Crippen LogP contribution in [0.1, 0.15) is 12.5 Å². The molecule has 0 N–H and O–H groups in total. The number of aromatic nitrogens is 1. The van der Waals surface area contributed by atoms with Gasteiger partial charge in [0.25, 0.3) is 0 Å². The molecule has 0 aliphatic carbocycles. The van der Waals surface area contributed by atoms with Crippen molar-refractivity contribution in [2.75, 3.05) is 11.4 Å². The van der Waals surface area contributed by atoms with Crippen molar-refractivity contribution in [3.63, 3.8) is 0 Å². The first-order valence-electron chi connectivity index (χ1n) is 5.77. The van der Waals surface area contributed by atoms with Gasteiger partial charge in [-0.3, -0.25) is 0 Å². The highest BCUT2D eigenvalue weighted by atomic mass is 79.9. The summed E-state index contributed by atoms with van der Waals surface area (Å²) >= 11 is 3.21. The first-order chi connectivity index (χ1) is 8.61. The Kier molecular flexibility index (Phi) is 3.97. The molecule has 0 fully saturated rings. The summed E-state index contributed by atoms with van der Waals surface area (Å²) < 4.78 is 14.6. The molecular weight excluding hydrogens is 295 g/mol. The molecule has 0 aliphatic heterocycles. The van der Waals surface area contributed by atoms with Crippen LogP contribution in [0.3, 0.4) is 0 Å². The molecule has 0 bridgehead atoms. The van der Waals surface area contributed by atoms with Crippen LogP contribution in [0.15, 0.2) is 41.0 Å². The molecule has 18 heavy (non-hydrogen) atoms. The van der Waals surface area contributed by atoms with Crippen molar-refractivity contribution in [2.24, 2.45) is 0 Å². The quantitative estimate of drug-likeness (QED) is 0.833. The van der Waals surface area contributed by atoms with Crippen molar-refractivity contribution < 1.29 is 4.39 Å². The third kappa shape index (κ3) is 2.70. The van der Waals surface area contributed by atoms with Gasteiger partial charge in [-0.05, 0) is 53.5 Å². The van der Waals surface area contributed by atoms with Gasteiger partial charge in [-0.2, -0.15) is 0 Å². The van der Waals surface area contributed by atoms with Crippen LogP contribution in [0.25, 0.3) is 0 Å². The third-order valence-electron chi connectivity index (χ3n) is 2.67. The van der Waals surface area contributed by atoms with Crippen LogP contribution < -0.4 is 4.90 Å².